The zero-order valence-corrected chi connectivity index (χ0v) is 11.5. The van der Waals surface area contributed by atoms with E-state index in [0.29, 0.717) is 0 Å². The first-order valence-electron chi connectivity index (χ1n) is 6.52. The molecule has 0 amide bonds. The van der Waals surface area contributed by atoms with Crippen LogP contribution in [0.25, 0.3) is 27.5 Å². The zero-order chi connectivity index (χ0) is 13.5. The van der Waals surface area contributed by atoms with Crippen LogP contribution in [0.5, 0.6) is 0 Å². The standard InChI is InChI=1S/C17H12N2S/c20-17-18-15-7-3-4-8-16(15)19(17)14-10-9-12-5-1-2-6-13(12)11-14/h1-11H,(H,18,20). The van der Waals surface area contributed by atoms with E-state index in [2.05, 4.69) is 58.1 Å². The van der Waals surface area contributed by atoms with Gasteiger partial charge in [-0.2, -0.15) is 0 Å². The van der Waals surface area contributed by atoms with Gasteiger partial charge >= 0.3 is 0 Å². The molecule has 1 N–H and O–H groups in total. The largest absolute Gasteiger partial charge is 0.330 e. The number of hydrogen-bond acceptors (Lipinski definition) is 1. The van der Waals surface area contributed by atoms with Crippen LogP contribution in [-0.4, -0.2) is 9.55 Å². The monoisotopic (exact) mass is 276 g/mol. The van der Waals surface area contributed by atoms with Gasteiger partial charge in [-0.05, 0) is 47.3 Å². The second-order valence-corrected chi connectivity index (χ2v) is 5.20. The minimum atomic E-state index is 0.724. The van der Waals surface area contributed by atoms with Crippen molar-refractivity contribution in [2.75, 3.05) is 0 Å². The lowest BCUT2D eigenvalue weighted by Crippen LogP contribution is -1.93. The molecule has 0 atom stereocenters. The molecule has 3 aromatic carbocycles. The van der Waals surface area contributed by atoms with Crippen molar-refractivity contribution in [1.29, 1.82) is 0 Å². The van der Waals surface area contributed by atoms with E-state index < -0.39 is 0 Å². The predicted octanol–water partition coefficient (Wildman–Crippen LogP) is 4.84. The van der Waals surface area contributed by atoms with Crippen molar-refractivity contribution >= 4 is 34.0 Å². The van der Waals surface area contributed by atoms with Gasteiger partial charge in [0.2, 0.25) is 0 Å². The summed E-state index contributed by atoms with van der Waals surface area (Å²) in [7, 11) is 0. The summed E-state index contributed by atoms with van der Waals surface area (Å²) in [5.74, 6) is 0. The molecule has 0 aliphatic carbocycles. The number of benzene rings is 3. The molecule has 0 aliphatic rings. The Hall–Kier alpha value is -2.39. The molecule has 0 spiro atoms. The maximum atomic E-state index is 5.47. The minimum Gasteiger partial charge on any atom is -0.330 e. The van der Waals surface area contributed by atoms with E-state index in [1.54, 1.807) is 0 Å². The van der Waals surface area contributed by atoms with Crippen LogP contribution in [0.1, 0.15) is 0 Å². The number of rotatable bonds is 1. The van der Waals surface area contributed by atoms with Crippen LogP contribution in [-0.2, 0) is 0 Å². The molecule has 0 fully saturated rings. The summed E-state index contributed by atoms with van der Waals surface area (Å²) in [6.45, 7) is 0. The summed E-state index contributed by atoms with van der Waals surface area (Å²) in [5.41, 5.74) is 3.25. The Bertz CT molecular complexity index is 979. The molecule has 4 aromatic rings. The average molecular weight is 276 g/mol. The first-order valence-corrected chi connectivity index (χ1v) is 6.93. The van der Waals surface area contributed by atoms with Crippen LogP contribution in [0, 0.1) is 4.77 Å². The summed E-state index contributed by atoms with van der Waals surface area (Å²) < 4.78 is 2.80. The van der Waals surface area contributed by atoms with E-state index in [1.807, 2.05) is 18.2 Å². The van der Waals surface area contributed by atoms with Crippen LogP contribution in [0.3, 0.4) is 0 Å². The summed E-state index contributed by atoms with van der Waals surface area (Å²) in [4.78, 5) is 3.25. The Labute approximate surface area is 121 Å². The maximum absolute atomic E-state index is 5.47. The fraction of sp³-hybridized carbons (Fsp3) is 0. The Morgan fingerprint density at radius 2 is 1.55 bits per heavy atom. The third kappa shape index (κ3) is 1.67. The normalized spacial score (nSPS) is 11.2. The van der Waals surface area contributed by atoms with Gasteiger partial charge < -0.3 is 4.98 Å². The molecule has 96 valence electrons. The van der Waals surface area contributed by atoms with Gasteiger partial charge in [0.05, 0.1) is 11.0 Å². The quantitative estimate of drug-likeness (QED) is 0.493. The molecule has 1 aromatic heterocycles. The van der Waals surface area contributed by atoms with Gasteiger partial charge in [0.15, 0.2) is 4.77 Å². The van der Waals surface area contributed by atoms with Crippen molar-refractivity contribution < 1.29 is 0 Å². The second-order valence-electron chi connectivity index (χ2n) is 4.81. The summed E-state index contributed by atoms with van der Waals surface area (Å²) in [6, 6.07) is 22.9. The molecule has 0 unspecified atom stereocenters. The smallest absolute Gasteiger partial charge is 0.182 e. The number of aromatic nitrogens is 2. The van der Waals surface area contributed by atoms with E-state index in [-0.39, 0.29) is 0 Å². The zero-order valence-electron chi connectivity index (χ0n) is 10.7. The lowest BCUT2D eigenvalue weighted by molar-refractivity contribution is 1.07. The van der Waals surface area contributed by atoms with E-state index in [9.17, 15) is 0 Å². The van der Waals surface area contributed by atoms with Gasteiger partial charge in [0, 0.05) is 5.69 Å². The molecule has 1 heterocycles. The van der Waals surface area contributed by atoms with Crippen molar-refractivity contribution in [1.82, 2.24) is 9.55 Å². The molecule has 2 nitrogen and oxygen atoms in total. The van der Waals surface area contributed by atoms with E-state index in [4.69, 9.17) is 12.2 Å². The summed E-state index contributed by atoms with van der Waals surface area (Å²) >= 11 is 5.47. The summed E-state index contributed by atoms with van der Waals surface area (Å²) in [6.07, 6.45) is 0. The van der Waals surface area contributed by atoms with Gasteiger partial charge in [-0.25, -0.2) is 0 Å². The van der Waals surface area contributed by atoms with E-state index in [1.165, 1.54) is 10.8 Å². The third-order valence-electron chi connectivity index (χ3n) is 3.58. The van der Waals surface area contributed by atoms with Crippen LogP contribution in [0.2, 0.25) is 0 Å². The Balaban J connectivity index is 2.06. The number of aromatic amines is 1. The number of fused-ring (bicyclic) bond motifs is 2. The average Bonchev–Trinajstić information content (AvgIpc) is 2.82. The van der Waals surface area contributed by atoms with Gasteiger partial charge in [-0.3, -0.25) is 4.57 Å². The van der Waals surface area contributed by atoms with Gasteiger partial charge in [0.1, 0.15) is 0 Å². The van der Waals surface area contributed by atoms with Gasteiger partial charge in [0.25, 0.3) is 0 Å². The highest BCUT2D eigenvalue weighted by molar-refractivity contribution is 7.71. The van der Waals surface area contributed by atoms with Crippen LogP contribution in [0.4, 0.5) is 0 Å². The number of imidazole rings is 1. The molecule has 0 radical (unpaired) electrons. The Kier molecular flexibility index (Phi) is 2.47. The Morgan fingerprint density at radius 1 is 0.800 bits per heavy atom. The number of nitrogens with one attached hydrogen (secondary N) is 1. The fourth-order valence-corrected chi connectivity index (χ4v) is 2.94. The minimum absolute atomic E-state index is 0.724. The van der Waals surface area contributed by atoms with Crippen LogP contribution in [0.15, 0.2) is 66.7 Å². The topological polar surface area (TPSA) is 20.7 Å². The fourth-order valence-electron chi connectivity index (χ4n) is 2.63. The predicted molar refractivity (Wildman–Crippen MR) is 86.0 cm³/mol. The molecule has 4 rings (SSSR count). The first kappa shape index (κ1) is 11.4. The summed E-state index contributed by atoms with van der Waals surface area (Å²) in [5, 5.41) is 2.46. The van der Waals surface area contributed by atoms with Crippen LogP contribution >= 0.6 is 12.2 Å². The van der Waals surface area contributed by atoms with Crippen molar-refractivity contribution in [2.45, 2.75) is 0 Å². The van der Waals surface area contributed by atoms with Crippen molar-refractivity contribution in [3.63, 3.8) is 0 Å². The first-order chi connectivity index (χ1) is 9.83. The molecular formula is C17H12N2S. The Morgan fingerprint density at radius 3 is 2.45 bits per heavy atom. The highest BCUT2D eigenvalue weighted by Crippen LogP contribution is 2.23. The lowest BCUT2D eigenvalue weighted by Gasteiger charge is -2.06. The maximum Gasteiger partial charge on any atom is 0.182 e. The van der Waals surface area contributed by atoms with Crippen molar-refractivity contribution in [2.24, 2.45) is 0 Å². The number of para-hydroxylation sites is 2. The van der Waals surface area contributed by atoms with Crippen LogP contribution < -0.4 is 0 Å². The van der Waals surface area contributed by atoms with Crippen molar-refractivity contribution in [3.8, 4) is 5.69 Å². The molecule has 0 aliphatic heterocycles. The molecule has 20 heavy (non-hydrogen) atoms. The second kappa shape index (κ2) is 4.32. The molecule has 0 saturated heterocycles. The molecule has 0 bridgehead atoms. The van der Waals surface area contributed by atoms with E-state index in [0.717, 1.165) is 21.5 Å². The third-order valence-corrected chi connectivity index (χ3v) is 3.87. The lowest BCUT2D eigenvalue weighted by atomic mass is 10.1. The number of nitrogens with zero attached hydrogens (tertiary/aromatic N) is 1. The molecule has 3 heteroatoms. The molecular weight excluding hydrogens is 264 g/mol. The van der Waals surface area contributed by atoms with Gasteiger partial charge in [-0.15, -0.1) is 0 Å². The number of hydrogen-bond donors (Lipinski definition) is 1. The number of H-pyrrole nitrogens is 1. The van der Waals surface area contributed by atoms with E-state index >= 15 is 0 Å². The molecule has 0 saturated carbocycles. The SMILES string of the molecule is S=c1[nH]c2ccccc2n1-c1ccc2ccccc2c1. The highest BCUT2D eigenvalue weighted by atomic mass is 32.1. The van der Waals surface area contributed by atoms with Gasteiger partial charge in [-0.1, -0.05) is 42.5 Å². The highest BCUT2D eigenvalue weighted by Gasteiger charge is 2.06. The van der Waals surface area contributed by atoms with Crippen molar-refractivity contribution in [3.05, 3.63) is 71.5 Å².